The van der Waals surface area contributed by atoms with Crippen LogP contribution in [-0.2, 0) is 19.1 Å². The second-order valence-electron chi connectivity index (χ2n) is 6.39. The molecule has 1 aromatic carbocycles. The van der Waals surface area contributed by atoms with E-state index >= 15 is 0 Å². The third kappa shape index (κ3) is 4.81. The second kappa shape index (κ2) is 7.86. The van der Waals surface area contributed by atoms with Crippen molar-refractivity contribution in [2.24, 2.45) is 0 Å². The van der Waals surface area contributed by atoms with E-state index in [1.165, 1.54) is 6.92 Å². The molecule has 1 atom stereocenters. The minimum atomic E-state index is -1.01. The molecule has 1 aliphatic heterocycles. The first-order chi connectivity index (χ1) is 12.1. The number of urea groups is 1. The normalized spacial score (nSPS) is 16.8. The lowest BCUT2D eigenvalue weighted by atomic mass is 10.1. The molecular formula is C17H20BrN3O5. The predicted molar refractivity (Wildman–Crippen MR) is 97.3 cm³/mol. The van der Waals surface area contributed by atoms with Gasteiger partial charge < -0.3 is 15.4 Å². The number of esters is 1. The van der Waals surface area contributed by atoms with E-state index in [0.29, 0.717) is 5.69 Å². The summed E-state index contributed by atoms with van der Waals surface area (Å²) in [5.74, 6) is -1.55. The fourth-order valence-corrected chi connectivity index (χ4v) is 2.58. The molecule has 0 saturated carbocycles. The minimum absolute atomic E-state index is 0.103. The van der Waals surface area contributed by atoms with Gasteiger partial charge in [-0.3, -0.25) is 19.3 Å². The Bertz CT molecular complexity index is 732. The lowest BCUT2D eigenvalue weighted by Crippen LogP contribution is -2.40. The summed E-state index contributed by atoms with van der Waals surface area (Å²) in [6, 6.07) is 6.40. The van der Waals surface area contributed by atoms with Gasteiger partial charge >= 0.3 is 12.0 Å². The Morgan fingerprint density at radius 3 is 2.42 bits per heavy atom. The van der Waals surface area contributed by atoms with Gasteiger partial charge in [0.1, 0.15) is 5.54 Å². The van der Waals surface area contributed by atoms with Crippen molar-refractivity contribution in [1.82, 2.24) is 10.2 Å². The van der Waals surface area contributed by atoms with Crippen LogP contribution in [0.15, 0.2) is 28.7 Å². The van der Waals surface area contributed by atoms with Gasteiger partial charge in [-0.1, -0.05) is 15.9 Å². The maximum atomic E-state index is 12.1. The predicted octanol–water partition coefficient (Wildman–Crippen LogP) is 2.04. The lowest BCUT2D eigenvalue weighted by molar-refractivity contribution is -0.153. The number of amides is 4. The van der Waals surface area contributed by atoms with E-state index in [0.717, 1.165) is 9.37 Å². The number of nitrogens with one attached hydrogen (secondary N) is 2. The summed E-state index contributed by atoms with van der Waals surface area (Å²) in [4.78, 5) is 48.7. The van der Waals surface area contributed by atoms with Gasteiger partial charge in [-0.05, 0) is 45.0 Å². The van der Waals surface area contributed by atoms with Gasteiger partial charge in [0.25, 0.3) is 11.8 Å². The third-order valence-electron chi connectivity index (χ3n) is 3.77. The average molecular weight is 426 g/mol. The zero-order valence-corrected chi connectivity index (χ0v) is 16.3. The van der Waals surface area contributed by atoms with Crippen LogP contribution in [0.3, 0.4) is 0 Å². The molecule has 1 heterocycles. The Hall–Kier alpha value is -2.42. The summed E-state index contributed by atoms with van der Waals surface area (Å²) < 4.78 is 5.93. The SMILES string of the molecule is CC(OC(=O)CCN1C(=O)NC(C)(C)C1=O)C(=O)Nc1ccc(Br)cc1. The average Bonchev–Trinajstić information content (AvgIpc) is 2.75. The van der Waals surface area contributed by atoms with E-state index in [-0.39, 0.29) is 13.0 Å². The summed E-state index contributed by atoms with van der Waals surface area (Å²) in [6.07, 6.45) is -1.20. The Balaban J connectivity index is 1.81. The van der Waals surface area contributed by atoms with Gasteiger partial charge in [0.2, 0.25) is 0 Å². The van der Waals surface area contributed by atoms with Gasteiger partial charge in [-0.25, -0.2) is 4.79 Å². The fourth-order valence-electron chi connectivity index (χ4n) is 2.31. The quantitative estimate of drug-likeness (QED) is 0.535. The van der Waals surface area contributed by atoms with E-state index in [1.54, 1.807) is 38.1 Å². The maximum Gasteiger partial charge on any atom is 0.325 e. The number of anilines is 1. The molecule has 0 aliphatic carbocycles. The molecule has 0 radical (unpaired) electrons. The molecule has 1 saturated heterocycles. The van der Waals surface area contributed by atoms with E-state index in [4.69, 9.17) is 4.74 Å². The lowest BCUT2D eigenvalue weighted by Gasteiger charge is -2.17. The van der Waals surface area contributed by atoms with Crippen molar-refractivity contribution in [2.45, 2.75) is 38.8 Å². The molecule has 0 bridgehead atoms. The van der Waals surface area contributed by atoms with E-state index in [9.17, 15) is 19.2 Å². The Labute approximate surface area is 159 Å². The summed E-state index contributed by atoms with van der Waals surface area (Å²) in [5.41, 5.74) is -0.415. The van der Waals surface area contributed by atoms with Gasteiger partial charge in [-0.15, -0.1) is 0 Å². The molecule has 26 heavy (non-hydrogen) atoms. The highest BCUT2D eigenvalue weighted by Crippen LogP contribution is 2.17. The third-order valence-corrected chi connectivity index (χ3v) is 4.30. The largest absolute Gasteiger partial charge is 0.452 e. The van der Waals surface area contributed by atoms with Gasteiger partial charge in [-0.2, -0.15) is 0 Å². The number of imide groups is 1. The first-order valence-corrected chi connectivity index (χ1v) is 8.79. The van der Waals surface area contributed by atoms with Crippen LogP contribution in [0.1, 0.15) is 27.2 Å². The zero-order chi connectivity index (χ0) is 19.5. The van der Waals surface area contributed by atoms with Gasteiger partial charge in [0.05, 0.1) is 6.42 Å². The molecule has 9 heteroatoms. The van der Waals surface area contributed by atoms with Crippen molar-refractivity contribution >= 4 is 45.4 Å². The first-order valence-electron chi connectivity index (χ1n) is 8.00. The van der Waals surface area contributed by atoms with Crippen molar-refractivity contribution in [3.05, 3.63) is 28.7 Å². The summed E-state index contributed by atoms with van der Waals surface area (Å²) >= 11 is 3.30. The summed E-state index contributed by atoms with van der Waals surface area (Å²) in [6.45, 7) is 4.51. The first kappa shape index (κ1) is 19.9. The van der Waals surface area contributed by atoms with E-state index in [2.05, 4.69) is 26.6 Å². The molecule has 1 aliphatic rings. The van der Waals surface area contributed by atoms with Crippen molar-refractivity contribution < 1.29 is 23.9 Å². The van der Waals surface area contributed by atoms with Crippen molar-refractivity contribution in [3.63, 3.8) is 0 Å². The number of nitrogens with zero attached hydrogens (tertiary/aromatic N) is 1. The molecule has 1 fully saturated rings. The van der Waals surface area contributed by atoms with Crippen molar-refractivity contribution in [2.75, 3.05) is 11.9 Å². The van der Waals surface area contributed by atoms with Crippen LogP contribution in [0.4, 0.5) is 10.5 Å². The Morgan fingerprint density at radius 1 is 1.27 bits per heavy atom. The number of hydrogen-bond donors (Lipinski definition) is 2. The number of ether oxygens (including phenoxy) is 1. The number of rotatable bonds is 6. The van der Waals surface area contributed by atoms with Crippen LogP contribution in [0, 0.1) is 0 Å². The molecule has 140 valence electrons. The molecular weight excluding hydrogens is 406 g/mol. The zero-order valence-electron chi connectivity index (χ0n) is 14.7. The van der Waals surface area contributed by atoms with Gasteiger partial charge in [0.15, 0.2) is 6.10 Å². The van der Waals surface area contributed by atoms with Crippen molar-refractivity contribution in [1.29, 1.82) is 0 Å². The fraction of sp³-hybridized carbons (Fsp3) is 0.412. The molecule has 8 nitrogen and oxygen atoms in total. The molecule has 1 unspecified atom stereocenters. The molecule has 1 aromatic rings. The van der Waals surface area contributed by atoms with Crippen LogP contribution < -0.4 is 10.6 Å². The van der Waals surface area contributed by atoms with E-state index in [1.807, 2.05) is 0 Å². The smallest absolute Gasteiger partial charge is 0.325 e. The second-order valence-corrected chi connectivity index (χ2v) is 7.31. The maximum absolute atomic E-state index is 12.1. The highest BCUT2D eigenvalue weighted by atomic mass is 79.9. The van der Waals surface area contributed by atoms with E-state index < -0.39 is 35.5 Å². The Kier molecular flexibility index (Phi) is 6.01. The molecule has 0 aromatic heterocycles. The van der Waals surface area contributed by atoms with Crippen LogP contribution in [0.5, 0.6) is 0 Å². The number of carbonyl (C=O) groups is 4. The molecule has 4 amide bonds. The summed E-state index contributed by atoms with van der Waals surface area (Å²) in [5, 5.41) is 5.16. The molecule has 2 rings (SSSR count). The van der Waals surface area contributed by atoms with Crippen LogP contribution in [0.2, 0.25) is 0 Å². The molecule has 2 N–H and O–H groups in total. The number of carbonyl (C=O) groups excluding carboxylic acids is 4. The summed E-state index contributed by atoms with van der Waals surface area (Å²) in [7, 11) is 0. The van der Waals surface area contributed by atoms with Crippen molar-refractivity contribution in [3.8, 4) is 0 Å². The number of benzene rings is 1. The van der Waals surface area contributed by atoms with Crippen LogP contribution in [-0.4, -0.2) is 46.9 Å². The highest BCUT2D eigenvalue weighted by molar-refractivity contribution is 9.10. The topological polar surface area (TPSA) is 105 Å². The van der Waals surface area contributed by atoms with Crippen LogP contribution in [0.25, 0.3) is 0 Å². The number of halogens is 1. The monoisotopic (exact) mass is 425 g/mol. The standard InChI is InChI=1S/C17H20BrN3O5/c1-10(14(23)19-12-6-4-11(18)5-7-12)26-13(22)8-9-21-15(24)17(2,3)20-16(21)25/h4-7,10H,8-9H2,1-3H3,(H,19,23)(H,20,25). The number of hydrogen-bond acceptors (Lipinski definition) is 5. The highest BCUT2D eigenvalue weighted by Gasteiger charge is 2.44. The van der Waals surface area contributed by atoms with Gasteiger partial charge in [0, 0.05) is 16.7 Å². The Morgan fingerprint density at radius 2 is 1.88 bits per heavy atom. The minimum Gasteiger partial charge on any atom is -0.452 e. The molecule has 0 spiro atoms. The van der Waals surface area contributed by atoms with Crippen LogP contribution >= 0.6 is 15.9 Å².